The average molecular weight is 287 g/mol. The minimum absolute atomic E-state index is 0.437. The monoisotopic (exact) mass is 287 g/mol. The summed E-state index contributed by atoms with van der Waals surface area (Å²) in [6.07, 6.45) is 6.62. The summed E-state index contributed by atoms with van der Waals surface area (Å²) in [6.45, 7) is 9.30. The topological polar surface area (TPSA) is 42.2 Å². The largest absolute Gasteiger partial charge is 0.478 e. The number of benzene rings is 1. The highest BCUT2D eigenvalue weighted by Crippen LogP contribution is 2.31. The summed E-state index contributed by atoms with van der Waals surface area (Å²) in [5.74, 6) is -0.831. The first-order chi connectivity index (χ1) is 10.0. The second kappa shape index (κ2) is 6.33. The Balaban J connectivity index is 2.74. The van der Waals surface area contributed by atoms with Gasteiger partial charge in [-0.25, -0.2) is 4.79 Å². The fraction of sp³-hybridized carbons (Fsp3) is 0.500. The van der Waals surface area contributed by atoms with Gasteiger partial charge in [0.2, 0.25) is 0 Å². The van der Waals surface area contributed by atoms with E-state index in [0.717, 1.165) is 48.7 Å². The van der Waals surface area contributed by atoms with Crippen LogP contribution in [0, 0.1) is 13.8 Å². The van der Waals surface area contributed by atoms with Crippen molar-refractivity contribution in [2.45, 2.75) is 59.9 Å². The molecular formula is C18H25NO2. The summed E-state index contributed by atoms with van der Waals surface area (Å²) < 4.78 is 2.30. The van der Waals surface area contributed by atoms with Crippen LogP contribution in [-0.2, 0) is 13.0 Å². The van der Waals surface area contributed by atoms with Gasteiger partial charge in [-0.15, -0.1) is 0 Å². The number of aryl methyl sites for hydroxylation is 4. The molecule has 0 saturated carbocycles. The van der Waals surface area contributed by atoms with Gasteiger partial charge in [0, 0.05) is 18.1 Å². The smallest absolute Gasteiger partial charge is 0.335 e. The van der Waals surface area contributed by atoms with Gasteiger partial charge in [-0.1, -0.05) is 20.3 Å². The lowest BCUT2D eigenvalue weighted by Gasteiger charge is -2.10. The molecule has 0 saturated heterocycles. The van der Waals surface area contributed by atoms with Crippen LogP contribution in [-0.4, -0.2) is 15.6 Å². The summed E-state index contributed by atoms with van der Waals surface area (Å²) in [5.41, 5.74) is 4.91. The van der Waals surface area contributed by atoms with Crippen LogP contribution in [0.2, 0.25) is 0 Å². The second-order valence-electron chi connectivity index (χ2n) is 5.85. The molecule has 3 heteroatoms. The molecule has 0 radical (unpaired) electrons. The first-order valence-corrected chi connectivity index (χ1v) is 7.86. The Labute approximate surface area is 126 Å². The number of nitrogens with zero attached hydrogens (tertiary/aromatic N) is 1. The zero-order valence-electron chi connectivity index (χ0n) is 13.5. The second-order valence-corrected chi connectivity index (χ2v) is 5.85. The number of carboxylic acid groups (broad SMARTS) is 1. The normalized spacial score (nSPS) is 11.2. The summed E-state index contributed by atoms with van der Waals surface area (Å²) in [6, 6.07) is 1.82. The van der Waals surface area contributed by atoms with E-state index in [9.17, 15) is 9.90 Å². The highest BCUT2D eigenvalue weighted by molar-refractivity contribution is 5.99. The van der Waals surface area contributed by atoms with Crippen LogP contribution in [0.25, 0.3) is 10.9 Å². The maximum atomic E-state index is 11.5. The van der Waals surface area contributed by atoms with E-state index < -0.39 is 5.97 Å². The maximum absolute atomic E-state index is 11.5. The molecule has 0 aliphatic rings. The number of fused-ring (bicyclic) bond motifs is 1. The molecule has 0 atom stereocenters. The molecule has 0 fully saturated rings. The molecule has 0 aliphatic carbocycles. The van der Waals surface area contributed by atoms with Gasteiger partial charge in [0.25, 0.3) is 0 Å². The van der Waals surface area contributed by atoms with Gasteiger partial charge in [-0.3, -0.25) is 0 Å². The number of hydrogen-bond acceptors (Lipinski definition) is 1. The molecule has 0 amide bonds. The summed E-state index contributed by atoms with van der Waals surface area (Å²) >= 11 is 0. The van der Waals surface area contributed by atoms with E-state index in [1.54, 1.807) is 0 Å². The van der Waals surface area contributed by atoms with Crippen molar-refractivity contribution in [2.75, 3.05) is 0 Å². The Bertz CT molecular complexity index is 668. The predicted molar refractivity (Wildman–Crippen MR) is 87.3 cm³/mol. The van der Waals surface area contributed by atoms with Crippen LogP contribution in [0.5, 0.6) is 0 Å². The number of hydrogen-bond donors (Lipinski definition) is 1. The average Bonchev–Trinajstić information content (AvgIpc) is 2.80. The number of carboxylic acids is 1. The zero-order valence-corrected chi connectivity index (χ0v) is 13.5. The molecular weight excluding hydrogens is 262 g/mol. The van der Waals surface area contributed by atoms with Crippen molar-refractivity contribution < 1.29 is 9.90 Å². The number of unbranched alkanes of at least 4 members (excludes halogenated alkanes) is 1. The van der Waals surface area contributed by atoms with Gasteiger partial charge in [-0.2, -0.15) is 0 Å². The van der Waals surface area contributed by atoms with E-state index in [1.807, 2.05) is 19.9 Å². The molecule has 114 valence electrons. The van der Waals surface area contributed by atoms with Crippen molar-refractivity contribution in [3.05, 3.63) is 34.5 Å². The lowest BCUT2D eigenvalue weighted by molar-refractivity contribution is 0.0696. The molecule has 21 heavy (non-hydrogen) atoms. The number of aromatic carboxylic acids is 1. The summed E-state index contributed by atoms with van der Waals surface area (Å²) in [4.78, 5) is 11.5. The number of carbonyl (C=O) groups is 1. The summed E-state index contributed by atoms with van der Waals surface area (Å²) in [7, 11) is 0. The molecule has 1 aromatic heterocycles. The van der Waals surface area contributed by atoms with Crippen molar-refractivity contribution in [2.24, 2.45) is 0 Å². The highest BCUT2D eigenvalue weighted by atomic mass is 16.4. The van der Waals surface area contributed by atoms with Gasteiger partial charge in [0.15, 0.2) is 0 Å². The Kier molecular flexibility index (Phi) is 4.71. The minimum Gasteiger partial charge on any atom is -0.478 e. The van der Waals surface area contributed by atoms with Crippen LogP contribution in [0.3, 0.4) is 0 Å². The molecule has 1 N–H and O–H groups in total. The van der Waals surface area contributed by atoms with Crippen LogP contribution < -0.4 is 0 Å². The van der Waals surface area contributed by atoms with E-state index in [-0.39, 0.29) is 0 Å². The van der Waals surface area contributed by atoms with Crippen molar-refractivity contribution in [1.82, 2.24) is 4.57 Å². The molecule has 0 unspecified atom stereocenters. The van der Waals surface area contributed by atoms with Crippen LogP contribution in [0.15, 0.2) is 12.3 Å². The van der Waals surface area contributed by atoms with E-state index in [2.05, 4.69) is 24.6 Å². The number of rotatable bonds is 6. The SMILES string of the molecule is CCCCc1cn(CCC)c2c(C)cc(C(=O)O)c(C)c12. The predicted octanol–water partition coefficient (Wildman–Crippen LogP) is 4.71. The van der Waals surface area contributed by atoms with E-state index in [0.29, 0.717) is 5.56 Å². The Hall–Kier alpha value is -1.77. The van der Waals surface area contributed by atoms with Crippen LogP contribution in [0.4, 0.5) is 0 Å². The fourth-order valence-corrected chi connectivity index (χ4v) is 3.18. The molecule has 0 spiro atoms. The van der Waals surface area contributed by atoms with Crippen molar-refractivity contribution in [3.63, 3.8) is 0 Å². The van der Waals surface area contributed by atoms with Gasteiger partial charge < -0.3 is 9.67 Å². The Morgan fingerprint density at radius 3 is 2.52 bits per heavy atom. The first-order valence-electron chi connectivity index (χ1n) is 7.86. The fourth-order valence-electron chi connectivity index (χ4n) is 3.18. The minimum atomic E-state index is -0.831. The molecule has 2 aromatic rings. The van der Waals surface area contributed by atoms with Crippen LogP contribution in [0.1, 0.15) is 60.2 Å². The quantitative estimate of drug-likeness (QED) is 0.836. The van der Waals surface area contributed by atoms with Gasteiger partial charge in [0.1, 0.15) is 0 Å². The highest BCUT2D eigenvalue weighted by Gasteiger charge is 2.18. The Morgan fingerprint density at radius 2 is 1.95 bits per heavy atom. The lowest BCUT2D eigenvalue weighted by Crippen LogP contribution is -2.03. The lowest BCUT2D eigenvalue weighted by atomic mass is 9.96. The molecule has 1 aromatic carbocycles. The maximum Gasteiger partial charge on any atom is 0.335 e. The number of aromatic nitrogens is 1. The summed E-state index contributed by atoms with van der Waals surface area (Å²) in [5, 5.41) is 10.6. The van der Waals surface area contributed by atoms with Gasteiger partial charge in [0.05, 0.1) is 11.1 Å². The van der Waals surface area contributed by atoms with Crippen LogP contribution >= 0.6 is 0 Å². The van der Waals surface area contributed by atoms with Crippen molar-refractivity contribution in [3.8, 4) is 0 Å². The van der Waals surface area contributed by atoms with E-state index >= 15 is 0 Å². The van der Waals surface area contributed by atoms with Crippen molar-refractivity contribution in [1.29, 1.82) is 0 Å². The third-order valence-corrected chi connectivity index (χ3v) is 4.16. The third-order valence-electron chi connectivity index (χ3n) is 4.16. The van der Waals surface area contributed by atoms with E-state index in [1.165, 1.54) is 11.1 Å². The molecule has 0 aliphatic heterocycles. The van der Waals surface area contributed by atoms with E-state index in [4.69, 9.17) is 0 Å². The zero-order chi connectivity index (χ0) is 15.6. The Morgan fingerprint density at radius 1 is 1.24 bits per heavy atom. The van der Waals surface area contributed by atoms with Gasteiger partial charge >= 0.3 is 5.97 Å². The third kappa shape index (κ3) is 2.82. The molecule has 2 rings (SSSR count). The molecule has 1 heterocycles. The van der Waals surface area contributed by atoms with Gasteiger partial charge in [-0.05, 0) is 55.9 Å². The van der Waals surface area contributed by atoms with Crippen molar-refractivity contribution >= 4 is 16.9 Å². The molecule has 3 nitrogen and oxygen atoms in total. The standard InChI is InChI=1S/C18H25NO2/c1-5-7-8-14-11-19(9-6-2)17-12(3)10-15(18(20)21)13(4)16(14)17/h10-11H,5-9H2,1-4H3,(H,20,21). The first kappa shape index (κ1) is 15.6. The molecule has 0 bridgehead atoms.